The summed E-state index contributed by atoms with van der Waals surface area (Å²) >= 11 is 0. The van der Waals surface area contributed by atoms with Crippen LogP contribution in [-0.4, -0.2) is 48.4 Å². The Morgan fingerprint density at radius 1 is 1.43 bits per heavy atom. The lowest BCUT2D eigenvalue weighted by Gasteiger charge is -2.23. The molecule has 1 aromatic heterocycles. The number of nitro benzene ring substituents is 1. The van der Waals surface area contributed by atoms with Gasteiger partial charge >= 0.3 is 0 Å². The van der Waals surface area contributed by atoms with E-state index in [4.69, 9.17) is 4.74 Å². The van der Waals surface area contributed by atoms with Gasteiger partial charge in [0.1, 0.15) is 0 Å². The van der Waals surface area contributed by atoms with E-state index in [0.717, 1.165) is 5.69 Å². The average molecular weight is 291 g/mol. The minimum Gasteiger partial charge on any atom is -0.389 e. The smallest absolute Gasteiger partial charge is 0.277 e. The second-order valence-corrected chi connectivity index (χ2v) is 4.77. The van der Waals surface area contributed by atoms with Gasteiger partial charge in [-0.15, -0.1) is 0 Å². The predicted molar refractivity (Wildman–Crippen MR) is 79.6 cm³/mol. The second-order valence-electron chi connectivity index (χ2n) is 4.77. The monoisotopic (exact) mass is 291 g/mol. The minimum atomic E-state index is -0.637. The van der Waals surface area contributed by atoms with Crippen molar-refractivity contribution in [3.05, 3.63) is 40.7 Å². The Bertz CT molecular complexity index is 647. The molecule has 0 saturated carbocycles. The number of anilines is 1. The molecule has 1 aromatic carbocycles. The number of hydrogen-bond donors (Lipinski definition) is 1. The van der Waals surface area contributed by atoms with Gasteiger partial charge in [0.05, 0.1) is 23.0 Å². The summed E-state index contributed by atoms with van der Waals surface area (Å²) in [5, 5.41) is 22.1. The van der Waals surface area contributed by atoms with Crippen LogP contribution in [0.1, 0.15) is 0 Å². The normalized spacial score (nSPS) is 12.3. The lowest BCUT2D eigenvalue weighted by atomic mass is 10.1. The van der Waals surface area contributed by atoms with Crippen LogP contribution in [0.5, 0.6) is 0 Å². The molecule has 0 radical (unpaired) electrons. The van der Waals surface area contributed by atoms with Crippen molar-refractivity contribution in [2.45, 2.75) is 6.10 Å². The first-order valence-electron chi connectivity index (χ1n) is 6.44. The Morgan fingerprint density at radius 2 is 2.19 bits per heavy atom. The second kappa shape index (κ2) is 6.47. The zero-order valence-corrected chi connectivity index (χ0v) is 11.9. The fourth-order valence-electron chi connectivity index (χ4n) is 2.31. The summed E-state index contributed by atoms with van der Waals surface area (Å²) in [6.45, 7) is 0.586. The average Bonchev–Trinajstić information content (AvgIpc) is 2.45. The van der Waals surface area contributed by atoms with E-state index in [1.165, 1.54) is 19.4 Å². The maximum Gasteiger partial charge on any atom is 0.277 e. The van der Waals surface area contributed by atoms with Crippen LogP contribution in [0.25, 0.3) is 10.8 Å². The minimum absolute atomic E-state index is 0.0435. The number of benzene rings is 1. The van der Waals surface area contributed by atoms with E-state index < -0.39 is 11.0 Å². The molecule has 0 fully saturated rings. The molecule has 2 aromatic rings. The highest BCUT2D eigenvalue weighted by Crippen LogP contribution is 2.32. The highest BCUT2D eigenvalue weighted by molar-refractivity contribution is 5.99. The lowest BCUT2D eigenvalue weighted by molar-refractivity contribution is -0.383. The van der Waals surface area contributed by atoms with Crippen LogP contribution in [-0.2, 0) is 4.74 Å². The summed E-state index contributed by atoms with van der Waals surface area (Å²) in [4.78, 5) is 16.5. The zero-order valence-electron chi connectivity index (χ0n) is 11.9. The number of rotatable bonds is 6. The molecule has 7 heteroatoms. The Labute approximate surface area is 121 Å². The number of likely N-dealkylation sites (N-methyl/N-ethyl adjacent to an activating group) is 1. The molecule has 0 aliphatic carbocycles. The van der Waals surface area contributed by atoms with Crippen molar-refractivity contribution in [1.29, 1.82) is 0 Å². The van der Waals surface area contributed by atoms with Crippen LogP contribution in [0.4, 0.5) is 11.4 Å². The number of fused-ring (bicyclic) bond motifs is 1. The Kier molecular flexibility index (Phi) is 4.66. The number of aromatic nitrogens is 1. The third kappa shape index (κ3) is 3.26. The summed E-state index contributed by atoms with van der Waals surface area (Å²) < 4.78 is 4.90. The summed E-state index contributed by atoms with van der Waals surface area (Å²) in [7, 11) is 3.33. The fourth-order valence-corrected chi connectivity index (χ4v) is 2.31. The van der Waals surface area contributed by atoms with Crippen LogP contribution >= 0.6 is 0 Å². The molecule has 112 valence electrons. The summed E-state index contributed by atoms with van der Waals surface area (Å²) in [5.74, 6) is 0. The van der Waals surface area contributed by atoms with Crippen molar-refractivity contribution in [3.8, 4) is 0 Å². The molecule has 0 spiro atoms. The van der Waals surface area contributed by atoms with Crippen LogP contribution in [0.2, 0.25) is 0 Å². The van der Waals surface area contributed by atoms with E-state index >= 15 is 0 Å². The number of ether oxygens (including phenoxy) is 1. The number of nitrogens with zero attached hydrogens (tertiary/aromatic N) is 3. The first-order chi connectivity index (χ1) is 10.0. The Hall–Kier alpha value is -2.25. The Morgan fingerprint density at radius 3 is 2.86 bits per heavy atom. The molecule has 0 aliphatic rings. The van der Waals surface area contributed by atoms with E-state index in [0.29, 0.717) is 17.3 Å². The number of hydrogen-bond acceptors (Lipinski definition) is 6. The molecule has 0 bridgehead atoms. The number of aliphatic hydroxyl groups is 1. The molecule has 1 N–H and O–H groups in total. The van der Waals surface area contributed by atoms with Gasteiger partial charge in [0, 0.05) is 50.2 Å². The molecule has 2 rings (SSSR count). The van der Waals surface area contributed by atoms with E-state index in [1.807, 2.05) is 11.9 Å². The molecule has 1 unspecified atom stereocenters. The fraction of sp³-hybridized carbons (Fsp3) is 0.357. The van der Waals surface area contributed by atoms with Gasteiger partial charge in [-0.25, -0.2) is 0 Å². The Balaban J connectivity index is 2.41. The molecule has 1 atom stereocenters. The van der Waals surface area contributed by atoms with Crippen molar-refractivity contribution in [2.75, 3.05) is 32.2 Å². The van der Waals surface area contributed by atoms with E-state index in [1.54, 1.807) is 18.3 Å². The highest BCUT2D eigenvalue weighted by atomic mass is 16.6. The number of non-ortho nitro benzene ring substituents is 1. The van der Waals surface area contributed by atoms with Crippen molar-refractivity contribution >= 4 is 22.1 Å². The van der Waals surface area contributed by atoms with Gasteiger partial charge in [0.25, 0.3) is 5.69 Å². The molecule has 1 heterocycles. The summed E-state index contributed by atoms with van der Waals surface area (Å²) in [6, 6.07) is 4.76. The molecule has 0 aliphatic heterocycles. The summed E-state index contributed by atoms with van der Waals surface area (Å²) in [5.41, 5.74) is 0.820. The van der Waals surface area contributed by atoms with Gasteiger partial charge in [-0.3, -0.25) is 15.1 Å². The maximum atomic E-state index is 11.1. The molecule has 0 saturated heterocycles. The standard InChI is InChI=1S/C14H17N3O4/c1-16(8-10(18)9-21-2)13-3-4-14(17(19)20)11-5-6-15-7-12(11)13/h3-7,10,18H,8-9H2,1-2H3. The van der Waals surface area contributed by atoms with Gasteiger partial charge < -0.3 is 14.7 Å². The third-order valence-electron chi connectivity index (χ3n) is 3.22. The van der Waals surface area contributed by atoms with Crippen molar-refractivity contribution in [1.82, 2.24) is 4.98 Å². The van der Waals surface area contributed by atoms with Crippen LogP contribution in [0.15, 0.2) is 30.6 Å². The first-order valence-corrected chi connectivity index (χ1v) is 6.44. The van der Waals surface area contributed by atoms with E-state index in [2.05, 4.69) is 4.98 Å². The van der Waals surface area contributed by atoms with Crippen molar-refractivity contribution < 1.29 is 14.8 Å². The zero-order chi connectivity index (χ0) is 15.4. The number of aliphatic hydroxyl groups excluding tert-OH is 1. The van der Waals surface area contributed by atoms with Crippen LogP contribution in [0, 0.1) is 10.1 Å². The molecular formula is C14H17N3O4. The van der Waals surface area contributed by atoms with Crippen LogP contribution in [0.3, 0.4) is 0 Å². The third-order valence-corrected chi connectivity index (χ3v) is 3.22. The highest BCUT2D eigenvalue weighted by Gasteiger charge is 2.17. The van der Waals surface area contributed by atoms with Gasteiger partial charge in [0.15, 0.2) is 0 Å². The number of methoxy groups -OCH3 is 1. The van der Waals surface area contributed by atoms with Crippen molar-refractivity contribution in [3.63, 3.8) is 0 Å². The predicted octanol–water partition coefficient (Wildman–Crippen LogP) is 1.59. The van der Waals surface area contributed by atoms with Gasteiger partial charge in [-0.1, -0.05) is 0 Å². The van der Waals surface area contributed by atoms with Gasteiger partial charge in [-0.05, 0) is 12.1 Å². The van der Waals surface area contributed by atoms with Crippen LogP contribution < -0.4 is 4.90 Å². The molecule has 21 heavy (non-hydrogen) atoms. The molecule has 7 nitrogen and oxygen atoms in total. The van der Waals surface area contributed by atoms with Crippen molar-refractivity contribution in [2.24, 2.45) is 0 Å². The largest absolute Gasteiger partial charge is 0.389 e. The summed E-state index contributed by atoms with van der Waals surface area (Å²) in [6.07, 6.45) is 2.48. The van der Waals surface area contributed by atoms with E-state index in [-0.39, 0.29) is 12.3 Å². The molecular weight excluding hydrogens is 274 g/mol. The first kappa shape index (κ1) is 15.1. The van der Waals surface area contributed by atoms with Gasteiger partial charge in [-0.2, -0.15) is 0 Å². The lowest BCUT2D eigenvalue weighted by Crippen LogP contribution is -2.32. The quantitative estimate of drug-likeness (QED) is 0.642. The topological polar surface area (TPSA) is 88.7 Å². The SMILES string of the molecule is COCC(O)CN(C)c1ccc([N+](=O)[O-])c2ccncc12. The number of nitro groups is 1. The van der Waals surface area contributed by atoms with E-state index in [9.17, 15) is 15.2 Å². The van der Waals surface area contributed by atoms with Gasteiger partial charge in [0.2, 0.25) is 0 Å². The molecule has 0 amide bonds. The number of pyridine rings is 1. The maximum absolute atomic E-state index is 11.1.